The maximum Gasteiger partial charge on any atom is 0.307 e. The van der Waals surface area contributed by atoms with Crippen LogP contribution in [-0.2, 0) is 28.6 Å². The zero-order valence-corrected chi connectivity index (χ0v) is 18.8. The Balaban J connectivity index is 1.85. The average molecular weight is 430 g/mol. The van der Waals surface area contributed by atoms with Crippen molar-refractivity contribution < 1.29 is 28.6 Å². The molecule has 0 aromatic heterocycles. The molecule has 7 nitrogen and oxygen atoms in total. The van der Waals surface area contributed by atoms with Crippen LogP contribution in [0.25, 0.3) is 5.57 Å². The van der Waals surface area contributed by atoms with E-state index in [1.807, 2.05) is 39.0 Å². The number of benzene rings is 1. The molecule has 2 heterocycles. The lowest BCUT2D eigenvalue weighted by molar-refractivity contribution is -0.242. The van der Waals surface area contributed by atoms with Gasteiger partial charge in [-0.2, -0.15) is 0 Å². The molecule has 2 spiro atoms. The molecule has 0 bridgehead atoms. The van der Waals surface area contributed by atoms with Crippen molar-refractivity contribution >= 4 is 17.4 Å². The number of carbonyl (C=O) groups excluding carboxylic acids is 2. The lowest BCUT2D eigenvalue weighted by Gasteiger charge is -2.45. The Morgan fingerprint density at radius 1 is 1.10 bits per heavy atom. The van der Waals surface area contributed by atoms with Crippen LogP contribution in [0.15, 0.2) is 24.0 Å². The minimum Gasteiger partial charge on any atom is -0.428 e. The number of hydrogen-bond acceptors (Lipinski definition) is 6. The summed E-state index contributed by atoms with van der Waals surface area (Å²) in [5.74, 6) is -0.928. The monoisotopic (exact) mass is 429 g/mol. The molecule has 0 unspecified atom stereocenters. The topological polar surface area (TPSA) is 74.3 Å². The summed E-state index contributed by atoms with van der Waals surface area (Å²) in [7, 11) is 0. The Morgan fingerprint density at radius 3 is 2.26 bits per heavy atom. The van der Waals surface area contributed by atoms with Crippen LogP contribution in [0.5, 0.6) is 0 Å². The van der Waals surface area contributed by atoms with Crippen molar-refractivity contribution in [2.75, 3.05) is 19.8 Å². The molecule has 1 aromatic carbocycles. The first kappa shape index (κ1) is 22.0. The van der Waals surface area contributed by atoms with E-state index < -0.39 is 17.3 Å². The number of hydroxylamine groups is 2. The third-order valence-electron chi connectivity index (χ3n) is 6.49. The highest BCUT2D eigenvalue weighted by atomic mass is 16.7. The third-order valence-corrected chi connectivity index (χ3v) is 6.49. The highest BCUT2D eigenvalue weighted by molar-refractivity contribution is 6.23. The van der Waals surface area contributed by atoms with E-state index in [-0.39, 0.29) is 5.91 Å². The minimum absolute atomic E-state index is 0.258. The van der Waals surface area contributed by atoms with Crippen LogP contribution in [0.4, 0.5) is 0 Å². The molecule has 2 fully saturated rings. The molecule has 31 heavy (non-hydrogen) atoms. The molecule has 1 saturated carbocycles. The number of esters is 1. The van der Waals surface area contributed by atoms with Crippen LogP contribution in [0.1, 0.15) is 62.6 Å². The molecule has 7 heteroatoms. The standard InChI is InChI=1S/C24H31NO6/c1-5-13-30-25-22(27)20(19-16(2)7-6-8-17(19)3)21(31-18(4)26)23(25)9-11-24(12-10-23)28-14-15-29-24/h6-8H,5,9-15H2,1-4H3. The van der Waals surface area contributed by atoms with Crippen molar-refractivity contribution in [1.29, 1.82) is 0 Å². The Morgan fingerprint density at radius 2 is 1.71 bits per heavy atom. The number of hydrogen-bond donors (Lipinski definition) is 0. The summed E-state index contributed by atoms with van der Waals surface area (Å²) in [6, 6.07) is 5.89. The van der Waals surface area contributed by atoms with Gasteiger partial charge in [-0.25, -0.2) is 5.06 Å². The Bertz CT molecular complexity index is 884. The van der Waals surface area contributed by atoms with E-state index >= 15 is 0 Å². The summed E-state index contributed by atoms with van der Waals surface area (Å²) in [4.78, 5) is 32.0. The number of ether oxygens (including phenoxy) is 3. The van der Waals surface area contributed by atoms with Crippen molar-refractivity contribution in [1.82, 2.24) is 5.06 Å². The fourth-order valence-electron chi connectivity index (χ4n) is 5.06. The van der Waals surface area contributed by atoms with Gasteiger partial charge in [0.05, 0.1) is 25.4 Å². The number of carbonyl (C=O) groups is 2. The summed E-state index contributed by atoms with van der Waals surface area (Å²) in [5, 5.41) is 1.47. The van der Waals surface area contributed by atoms with E-state index in [1.165, 1.54) is 12.0 Å². The molecule has 1 amide bonds. The first-order chi connectivity index (χ1) is 14.8. The molecule has 1 saturated heterocycles. The summed E-state index contributed by atoms with van der Waals surface area (Å²) in [6.45, 7) is 8.84. The quantitative estimate of drug-likeness (QED) is 0.663. The lowest BCUT2D eigenvalue weighted by Crippen LogP contribution is -2.54. The smallest absolute Gasteiger partial charge is 0.307 e. The second-order valence-electron chi connectivity index (χ2n) is 8.64. The summed E-state index contributed by atoms with van der Waals surface area (Å²) < 4.78 is 17.6. The van der Waals surface area contributed by atoms with E-state index in [0.717, 1.165) is 23.1 Å². The van der Waals surface area contributed by atoms with Crippen LogP contribution in [0, 0.1) is 13.8 Å². The predicted molar refractivity (Wildman–Crippen MR) is 114 cm³/mol. The van der Waals surface area contributed by atoms with E-state index in [4.69, 9.17) is 19.0 Å². The molecule has 0 atom stereocenters. The van der Waals surface area contributed by atoms with Crippen molar-refractivity contribution in [3.8, 4) is 0 Å². The van der Waals surface area contributed by atoms with Gasteiger partial charge in [-0.1, -0.05) is 25.1 Å². The Kier molecular flexibility index (Phi) is 5.94. The first-order valence-electron chi connectivity index (χ1n) is 11.1. The molecular weight excluding hydrogens is 398 g/mol. The van der Waals surface area contributed by atoms with Crippen molar-refractivity contribution in [3.05, 3.63) is 40.6 Å². The molecule has 0 radical (unpaired) electrons. The van der Waals surface area contributed by atoms with Crippen LogP contribution in [-0.4, -0.2) is 48.1 Å². The van der Waals surface area contributed by atoms with Crippen LogP contribution in [0.2, 0.25) is 0 Å². The molecule has 3 aliphatic rings. The maximum absolute atomic E-state index is 13.8. The number of nitrogens with zero attached hydrogens (tertiary/aromatic N) is 1. The molecule has 168 valence electrons. The maximum atomic E-state index is 13.8. The predicted octanol–water partition coefficient (Wildman–Crippen LogP) is 3.82. The molecular formula is C24H31NO6. The molecule has 4 rings (SSSR count). The first-order valence-corrected chi connectivity index (χ1v) is 11.1. The fourth-order valence-corrected chi connectivity index (χ4v) is 5.06. The van der Waals surface area contributed by atoms with E-state index in [0.29, 0.717) is 56.8 Å². The van der Waals surface area contributed by atoms with Crippen LogP contribution in [0.3, 0.4) is 0 Å². The largest absolute Gasteiger partial charge is 0.428 e. The summed E-state index contributed by atoms with van der Waals surface area (Å²) in [5.41, 5.74) is 2.28. The molecule has 2 aliphatic heterocycles. The number of rotatable bonds is 5. The van der Waals surface area contributed by atoms with Crippen LogP contribution >= 0.6 is 0 Å². The van der Waals surface area contributed by atoms with Crippen molar-refractivity contribution in [3.63, 3.8) is 0 Å². The van der Waals surface area contributed by atoms with Crippen molar-refractivity contribution in [2.45, 2.75) is 71.1 Å². The molecule has 1 aromatic rings. The normalized spacial score (nSPS) is 22.1. The third kappa shape index (κ3) is 3.69. The second kappa shape index (κ2) is 8.37. The van der Waals surface area contributed by atoms with Crippen molar-refractivity contribution in [2.24, 2.45) is 0 Å². The van der Waals surface area contributed by atoms with Gasteiger partial charge in [-0.3, -0.25) is 14.4 Å². The Hall–Kier alpha value is -2.22. The molecule has 0 N–H and O–H groups in total. The van der Waals surface area contributed by atoms with Gasteiger partial charge in [-0.15, -0.1) is 0 Å². The average Bonchev–Trinajstić information content (AvgIpc) is 3.26. The van der Waals surface area contributed by atoms with Gasteiger partial charge in [0.15, 0.2) is 5.79 Å². The lowest BCUT2D eigenvalue weighted by atomic mass is 9.77. The van der Waals surface area contributed by atoms with Crippen LogP contribution < -0.4 is 0 Å². The zero-order valence-electron chi connectivity index (χ0n) is 18.8. The summed E-state index contributed by atoms with van der Waals surface area (Å²) >= 11 is 0. The SMILES string of the molecule is CCCON1C(=O)C(c2c(C)cccc2C)=C(OC(C)=O)C12CCC1(CC2)OCCO1. The number of aryl methyl sites for hydroxylation is 2. The fraction of sp³-hybridized carbons (Fsp3) is 0.583. The van der Waals surface area contributed by atoms with E-state index in [9.17, 15) is 9.59 Å². The molecule has 1 aliphatic carbocycles. The van der Waals surface area contributed by atoms with Gasteiger partial charge in [0, 0.05) is 19.8 Å². The van der Waals surface area contributed by atoms with Gasteiger partial charge < -0.3 is 14.2 Å². The second-order valence-corrected chi connectivity index (χ2v) is 8.64. The minimum atomic E-state index is -0.859. The zero-order chi connectivity index (χ0) is 22.2. The van der Waals surface area contributed by atoms with Gasteiger partial charge >= 0.3 is 5.97 Å². The van der Waals surface area contributed by atoms with Gasteiger partial charge in [0.2, 0.25) is 0 Å². The highest BCUT2D eigenvalue weighted by Crippen LogP contribution is 2.53. The van der Waals surface area contributed by atoms with E-state index in [2.05, 4.69) is 0 Å². The Labute approximate surface area is 183 Å². The summed E-state index contributed by atoms with van der Waals surface area (Å²) in [6.07, 6.45) is 3.00. The van der Waals surface area contributed by atoms with E-state index in [1.54, 1.807) is 0 Å². The van der Waals surface area contributed by atoms with Gasteiger partial charge in [0.25, 0.3) is 5.91 Å². The number of amides is 1. The highest BCUT2D eigenvalue weighted by Gasteiger charge is 2.59. The van der Waals surface area contributed by atoms with Gasteiger partial charge in [0.1, 0.15) is 11.3 Å². The van der Waals surface area contributed by atoms with Gasteiger partial charge in [-0.05, 0) is 49.8 Å².